The Morgan fingerprint density at radius 1 is 0.852 bits per heavy atom. The highest BCUT2D eigenvalue weighted by Crippen LogP contribution is 2.40. The molecule has 4 rings (SSSR count). The van der Waals surface area contributed by atoms with Crippen molar-refractivity contribution < 1.29 is 13.2 Å². The van der Waals surface area contributed by atoms with Crippen LogP contribution in [0.25, 0.3) is 11.1 Å². The summed E-state index contributed by atoms with van der Waals surface area (Å²) in [6, 6.07) is 20.8. The van der Waals surface area contributed by atoms with Gasteiger partial charge in [-0.15, -0.1) is 0 Å². The van der Waals surface area contributed by atoms with Crippen molar-refractivity contribution in [2.24, 2.45) is 4.99 Å². The van der Waals surface area contributed by atoms with E-state index in [4.69, 9.17) is 0 Å². The van der Waals surface area contributed by atoms with Crippen LogP contribution < -0.4 is 4.90 Å². The molecular formula is C22H17F3N2. The summed E-state index contributed by atoms with van der Waals surface area (Å²) in [5.41, 5.74) is 2.60. The highest BCUT2D eigenvalue weighted by atomic mass is 19.4. The maximum absolute atomic E-state index is 13.7. The number of fused-ring (bicyclic) bond motifs is 1. The molecule has 0 unspecified atom stereocenters. The molecule has 0 atom stereocenters. The Kier molecular flexibility index (Phi) is 4.44. The number of rotatable bonds is 3. The van der Waals surface area contributed by atoms with Crippen molar-refractivity contribution in [3.63, 3.8) is 0 Å². The molecule has 0 saturated heterocycles. The molecule has 0 aromatic heterocycles. The Hall–Kier alpha value is -3.08. The first-order valence-electron chi connectivity index (χ1n) is 8.65. The number of para-hydroxylation sites is 2. The van der Waals surface area contributed by atoms with Gasteiger partial charge in [-0.25, -0.2) is 0 Å². The molecule has 0 amide bonds. The van der Waals surface area contributed by atoms with Gasteiger partial charge >= 0.3 is 6.18 Å². The van der Waals surface area contributed by atoms with Gasteiger partial charge in [-0.05, 0) is 34.9 Å². The quantitative estimate of drug-likeness (QED) is 0.547. The molecule has 0 spiro atoms. The van der Waals surface area contributed by atoms with Crippen LogP contribution in [0.1, 0.15) is 11.1 Å². The summed E-state index contributed by atoms with van der Waals surface area (Å²) in [4.78, 5) is 6.42. The second-order valence-corrected chi connectivity index (χ2v) is 6.38. The molecule has 5 heteroatoms. The van der Waals surface area contributed by atoms with Crippen LogP contribution in [0.3, 0.4) is 0 Å². The Labute approximate surface area is 155 Å². The number of benzene rings is 3. The number of halogens is 3. The smallest absolute Gasteiger partial charge is 0.360 e. The SMILES string of the molecule is FC(F)(F)c1cccc(CN2CC=Nc3ccccc32)c1-c1ccccc1. The molecule has 0 saturated carbocycles. The Bertz CT molecular complexity index is 978. The van der Waals surface area contributed by atoms with E-state index in [0.717, 1.165) is 17.4 Å². The van der Waals surface area contributed by atoms with Crippen molar-refractivity contribution in [1.82, 2.24) is 0 Å². The molecule has 2 nitrogen and oxygen atoms in total. The van der Waals surface area contributed by atoms with E-state index < -0.39 is 11.7 Å². The molecular weight excluding hydrogens is 349 g/mol. The van der Waals surface area contributed by atoms with Crippen molar-refractivity contribution in [1.29, 1.82) is 0 Å². The minimum atomic E-state index is -4.41. The minimum absolute atomic E-state index is 0.241. The van der Waals surface area contributed by atoms with E-state index in [1.54, 1.807) is 42.6 Å². The van der Waals surface area contributed by atoms with Crippen molar-refractivity contribution in [2.75, 3.05) is 11.4 Å². The fourth-order valence-corrected chi connectivity index (χ4v) is 3.45. The average Bonchev–Trinajstić information content (AvgIpc) is 2.68. The molecule has 0 bridgehead atoms. The third kappa shape index (κ3) is 3.45. The van der Waals surface area contributed by atoms with Gasteiger partial charge in [0, 0.05) is 12.8 Å². The molecule has 0 radical (unpaired) electrons. The molecule has 1 heterocycles. The highest BCUT2D eigenvalue weighted by molar-refractivity contribution is 5.82. The van der Waals surface area contributed by atoms with Gasteiger partial charge in [-0.2, -0.15) is 13.2 Å². The Morgan fingerprint density at radius 3 is 2.37 bits per heavy atom. The molecule has 3 aromatic carbocycles. The Morgan fingerprint density at radius 2 is 1.59 bits per heavy atom. The van der Waals surface area contributed by atoms with Crippen LogP contribution in [0.4, 0.5) is 24.5 Å². The standard InChI is InChI=1S/C22H17F3N2/c23-22(24,25)18-10-6-9-17(21(18)16-7-2-1-3-8-16)15-27-14-13-26-19-11-4-5-12-20(19)27/h1-13H,14-15H2. The van der Waals surface area contributed by atoms with Crippen LogP contribution in [0.2, 0.25) is 0 Å². The van der Waals surface area contributed by atoms with Gasteiger partial charge in [-0.1, -0.05) is 54.6 Å². The van der Waals surface area contributed by atoms with Crippen LogP contribution in [-0.4, -0.2) is 12.8 Å². The zero-order valence-corrected chi connectivity index (χ0v) is 14.4. The molecule has 1 aliphatic heterocycles. The van der Waals surface area contributed by atoms with Gasteiger partial charge in [0.15, 0.2) is 0 Å². The number of aliphatic imine (C=N–C) groups is 1. The van der Waals surface area contributed by atoms with E-state index in [9.17, 15) is 13.2 Å². The lowest BCUT2D eigenvalue weighted by Gasteiger charge is -2.29. The summed E-state index contributed by atoms with van der Waals surface area (Å²) in [7, 11) is 0. The van der Waals surface area contributed by atoms with Crippen LogP contribution in [0, 0.1) is 0 Å². The van der Waals surface area contributed by atoms with E-state index >= 15 is 0 Å². The molecule has 3 aromatic rings. The molecule has 27 heavy (non-hydrogen) atoms. The minimum Gasteiger partial charge on any atom is -0.360 e. The van der Waals surface area contributed by atoms with E-state index in [2.05, 4.69) is 4.99 Å². The number of hydrogen-bond donors (Lipinski definition) is 0. The number of hydrogen-bond acceptors (Lipinski definition) is 2. The van der Waals surface area contributed by atoms with Crippen molar-refractivity contribution in [3.8, 4) is 11.1 Å². The van der Waals surface area contributed by atoms with Gasteiger partial charge in [0.25, 0.3) is 0 Å². The first-order valence-corrected chi connectivity index (χ1v) is 8.65. The van der Waals surface area contributed by atoms with Crippen LogP contribution in [-0.2, 0) is 12.7 Å². The van der Waals surface area contributed by atoms with E-state index in [-0.39, 0.29) is 5.56 Å². The van der Waals surface area contributed by atoms with Gasteiger partial charge in [0.05, 0.1) is 23.5 Å². The predicted molar refractivity (Wildman–Crippen MR) is 103 cm³/mol. The second kappa shape index (κ2) is 6.91. The van der Waals surface area contributed by atoms with E-state index in [1.165, 1.54) is 6.07 Å². The summed E-state index contributed by atoms with van der Waals surface area (Å²) in [6.45, 7) is 0.929. The first-order chi connectivity index (χ1) is 13.0. The fraction of sp³-hybridized carbons (Fsp3) is 0.136. The molecule has 136 valence electrons. The summed E-state index contributed by atoms with van der Waals surface area (Å²) < 4.78 is 41.1. The topological polar surface area (TPSA) is 15.6 Å². The lowest BCUT2D eigenvalue weighted by molar-refractivity contribution is -0.137. The van der Waals surface area contributed by atoms with Gasteiger partial charge < -0.3 is 4.90 Å². The maximum atomic E-state index is 13.7. The molecule has 0 aliphatic carbocycles. The Balaban J connectivity index is 1.81. The van der Waals surface area contributed by atoms with Crippen molar-refractivity contribution >= 4 is 17.6 Å². The van der Waals surface area contributed by atoms with Crippen LogP contribution in [0.5, 0.6) is 0 Å². The van der Waals surface area contributed by atoms with Gasteiger partial charge in [-0.3, -0.25) is 4.99 Å². The highest BCUT2D eigenvalue weighted by Gasteiger charge is 2.34. The lowest BCUT2D eigenvalue weighted by Crippen LogP contribution is -2.27. The summed E-state index contributed by atoms with van der Waals surface area (Å²) in [6.07, 6.45) is -2.62. The fourth-order valence-electron chi connectivity index (χ4n) is 3.45. The summed E-state index contributed by atoms with van der Waals surface area (Å²) in [5, 5.41) is 0. The van der Waals surface area contributed by atoms with Crippen LogP contribution >= 0.6 is 0 Å². The van der Waals surface area contributed by atoms with Crippen molar-refractivity contribution in [2.45, 2.75) is 12.7 Å². The first kappa shape index (κ1) is 17.3. The maximum Gasteiger partial charge on any atom is 0.417 e. The summed E-state index contributed by atoms with van der Waals surface area (Å²) in [5.74, 6) is 0. The molecule has 0 fully saturated rings. The average molecular weight is 366 g/mol. The normalized spacial score (nSPS) is 13.5. The third-order valence-corrected chi connectivity index (χ3v) is 4.63. The third-order valence-electron chi connectivity index (χ3n) is 4.63. The molecule has 1 aliphatic rings. The summed E-state index contributed by atoms with van der Waals surface area (Å²) >= 11 is 0. The number of anilines is 1. The van der Waals surface area contributed by atoms with Gasteiger partial charge in [0.1, 0.15) is 0 Å². The number of nitrogens with zero attached hydrogens (tertiary/aromatic N) is 2. The van der Waals surface area contributed by atoms with Crippen molar-refractivity contribution in [3.05, 3.63) is 83.9 Å². The van der Waals surface area contributed by atoms with E-state index in [0.29, 0.717) is 24.2 Å². The largest absolute Gasteiger partial charge is 0.417 e. The molecule has 0 N–H and O–H groups in total. The zero-order valence-electron chi connectivity index (χ0n) is 14.4. The van der Waals surface area contributed by atoms with Gasteiger partial charge in [0.2, 0.25) is 0 Å². The van der Waals surface area contributed by atoms with Crippen LogP contribution in [0.15, 0.2) is 77.8 Å². The monoisotopic (exact) mass is 366 g/mol. The zero-order chi connectivity index (χ0) is 18.9. The second-order valence-electron chi connectivity index (χ2n) is 6.38. The predicted octanol–water partition coefficient (Wildman–Crippen LogP) is 6.09. The van der Waals surface area contributed by atoms with E-state index in [1.807, 2.05) is 29.2 Å². The lowest BCUT2D eigenvalue weighted by atomic mass is 9.93. The number of alkyl halides is 3.